The summed E-state index contributed by atoms with van der Waals surface area (Å²) in [7, 11) is -5.84. The number of carbonyl (C=O) groups is 2. The van der Waals surface area contributed by atoms with Crippen molar-refractivity contribution < 1.29 is 45.9 Å². The Morgan fingerprint density at radius 2 is 1.56 bits per heavy atom. The van der Waals surface area contributed by atoms with Crippen molar-refractivity contribution in [2.24, 2.45) is 5.73 Å². The summed E-state index contributed by atoms with van der Waals surface area (Å²) in [6.07, 6.45) is -0.224. The zero-order valence-corrected chi connectivity index (χ0v) is 9.40. The van der Waals surface area contributed by atoms with Gasteiger partial charge in [-0.05, 0) is 6.42 Å². The molecule has 0 heterocycles. The first kappa shape index (κ1) is 19.0. The first-order chi connectivity index (χ1) is 7.79. The molecule has 0 bridgehead atoms. The molecule has 5 N–H and O–H groups in total. The van der Waals surface area contributed by atoms with Gasteiger partial charge in [0.25, 0.3) is 0 Å². The van der Waals surface area contributed by atoms with E-state index in [1.807, 2.05) is 0 Å². The zero-order valence-electron chi connectivity index (χ0n) is 8.59. The molecule has 0 saturated heterocycles. The van der Waals surface area contributed by atoms with Crippen LogP contribution in [0, 0.1) is 0 Å². The van der Waals surface area contributed by atoms with Crippen LogP contribution in [0.2, 0.25) is 0 Å². The summed E-state index contributed by atoms with van der Waals surface area (Å²) in [5.41, 5.74) is -0.533. The summed E-state index contributed by atoms with van der Waals surface area (Å²) < 4.78 is 57.5. The normalized spacial score (nSPS) is 13.2. The molecule has 0 aliphatic carbocycles. The van der Waals surface area contributed by atoms with E-state index in [9.17, 15) is 22.8 Å². The lowest BCUT2D eigenvalue weighted by atomic mass is 10.2. The molecule has 8 nitrogen and oxygen atoms in total. The van der Waals surface area contributed by atoms with E-state index >= 15 is 0 Å². The number of carboxylic acid groups (broad SMARTS) is 2. The van der Waals surface area contributed by atoms with Crippen molar-refractivity contribution in [1.82, 2.24) is 0 Å². The van der Waals surface area contributed by atoms with Gasteiger partial charge in [-0.3, -0.25) is 14.1 Å². The van der Waals surface area contributed by atoms with Crippen molar-refractivity contribution in [3.63, 3.8) is 0 Å². The lowest BCUT2D eigenvalue weighted by Crippen LogP contribution is -2.30. The van der Waals surface area contributed by atoms with Crippen LogP contribution in [0.3, 0.4) is 0 Å². The second-order valence-corrected chi connectivity index (χ2v) is 4.21. The van der Waals surface area contributed by atoms with E-state index in [0.29, 0.717) is 0 Å². The second-order valence-electron chi connectivity index (χ2n) is 2.80. The van der Waals surface area contributed by atoms with Gasteiger partial charge in [-0.25, -0.2) is 0 Å². The quantitative estimate of drug-likeness (QED) is 0.405. The molecular formula is C6H10F3NO7S. The minimum atomic E-state index is -5.84. The van der Waals surface area contributed by atoms with Crippen molar-refractivity contribution in [2.75, 3.05) is 0 Å². The number of rotatable bonds is 4. The van der Waals surface area contributed by atoms with E-state index in [1.165, 1.54) is 0 Å². The smallest absolute Gasteiger partial charge is 0.481 e. The number of aliphatic carboxylic acids is 2. The molecule has 0 aliphatic rings. The fourth-order valence-corrected chi connectivity index (χ4v) is 0.402. The Morgan fingerprint density at radius 1 is 1.22 bits per heavy atom. The standard InChI is InChI=1S/C5H9NO4.CHF3O3S/c6-3(5(9)10)1-2-4(7)8;2-1(3,4)8(5,6)7/h3H,1-2,6H2,(H,7,8)(H,9,10);(H,5,6,7). The SMILES string of the molecule is NC(CCC(=O)O)C(=O)O.O=S(=O)(O)C(F)(F)F. The monoisotopic (exact) mass is 297 g/mol. The molecule has 0 radical (unpaired) electrons. The van der Waals surface area contributed by atoms with Gasteiger partial charge in [0, 0.05) is 6.42 Å². The van der Waals surface area contributed by atoms with Gasteiger partial charge in [0.15, 0.2) is 0 Å². The highest BCUT2D eigenvalue weighted by Crippen LogP contribution is 2.20. The maximum absolute atomic E-state index is 10.7. The Kier molecular flexibility index (Phi) is 7.50. The van der Waals surface area contributed by atoms with Crippen LogP contribution in [0.25, 0.3) is 0 Å². The maximum Gasteiger partial charge on any atom is 0.522 e. The van der Waals surface area contributed by atoms with Gasteiger partial charge in [-0.15, -0.1) is 0 Å². The minimum Gasteiger partial charge on any atom is -0.481 e. The molecule has 0 amide bonds. The molecule has 108 valence electrons. The highest BCUT2D eigenvalue weighted by molar-refractivity contribution is 7.86. The van der Waals surface area contributed by atoms with Crippen LogP contribution in [-0.4, -0.2) is 46.7 Å². The summed E-state index contributed by atoms with van der Waals surface area (Å²) in [4.78, 5) is 19.9. The van der Waals surface area contributed by atoms with Gasteiger partial charge in [0.1, 0.15) is 6.04 Å². The Labute approximate surface area is 98.9 Å². The summed E-state index contributed by atoms with van der Waals surface area (Å²) in [6, 6.07) is -1.06. The summed E-state index contributed by atoms with van der Waals surface area (Å²) in [5.74, 6) is -2.20. The van der Waals surface area contributed by atoms with Gasteiger partial charge in [-0.2, -0.15) is 21.6 Å². The molecule has 12 heteroatoms. The number of hydrogen-bond donors (Lipinski definition) is 4. The lowest BCUT2D eigenvalue weighted by molar-refractivity contribution is -0.139. The average molecular weight is 297 g/mol. The minimum absolute atomic E-state index is 0.0231. The van der Waals surface area contributed by atoms with Crippen LogP contribution in [0.4, 0.5) is 13.2 Å². The van der Waals surface area contributed by atoms with Gasteiger partial charge < -0.3 is 15.9 Å². The van der Waals surface area contributed by atoms with Crippen LogP contribution in [0.5, 0.6) is 0 Å². The first-order valence-corrected chi connectivity index (χ1v) is 5.47. The van der Waals surface area contributed by atoms with Gasteiger partial charge >= 0.3 is 27.6 Å². The first-order valence-electron chi connectivity index (χ1n) is 4.03. The van der Waals surface area contributed by atoms with Gasteiger partial charge in [0.05, 0.1) is 0 Å². The van der Waals surface area contributed by atoms with E-state index in [2.05, 4.69) is 0 Å². The molecule has 0 aromatic rings. The predicted octanol–water partition coefficient (Wildman–Crippen LogP) is -0.343. The van der Waals surface area contributed by atoms with Crippen molar-refractivity contribution in [2.45, 2.75) is 24.4 Å². The number of hydrogen-bond acceptors (Lipinski definition) is 5. The number of alkyl halides is 3. The summed E-state index contributed by atoms with van der Waals surface area (Å²) >= 11 is 0. The molecule has 0 aromatic heterocycles. The highest BCUT2D eigenvalue weighted by Gasteiger charge is 2.44. The fourth-order valence-electron chi connectivity index (χ4n) is 0.402. The third-order valence-electron chi connectivity index (χ3n) is 1.28. The van der Waals surface area contributed by atoms with Crippen LogP contribution in [-0.2, 0) is 19.7 Å². The Morgan fingerprint density at radius 3 is 1.72 bits per heavy atom. The average Bonchev–Trinajstić information content (AvgIpc) is 2.11. The van der Waals surface area contributed by atoms with Crippen molar-refractivity contribution in [3.8, 4) is 0 Å². The number of halogens is 3. The van der Waals surface area contributed by atoms with Gasteiger partial charge in [0.2, 0.25) is 0 Å². The van der Waals surface area contributed by atoms with Crippen molar-refractivity contribution in [3.05, 3.63) is 0 Å². The zero-order chi connectivity index (χ0) is 15.1. The molecule has 0 spiro atoms. The summed E-state index contributed by atoms with van der Waals surface area (Å²) in [6.45, 7) is 0. The third kappa shape index (κ3) is 9.80. The molecule has 0 aromatic carbocycles. The third-order valence-corrected chi connectivity index (χ3v) is 1.86. The van der Waals surface area contributed by atoms with Gasteiger partial charge in [-0.1, -0.05) is 0 Å². The van der Waals surface area contributed by atoms with E-state index in [4.69, 9.17) is 28.9 Å². The van der Waals surface area contributed by atoms with Crippen molar-refractivity contribution >= 4 is 22.1 Å². The fraction of sp³-hybridized carbons (Fsp3) is 0.667. The largest absolute Gasteiger partial charge is 0.522 e. The summed E-state index contributed by atoms with van der Waals surface area (Å²) in [5, 5.41) is 16.3. The predicted molar refractivity (Wildman–Crippen MR) is 50.1 cm³/mol. The number of carboxylic acids is 2. The topological polar surface area (TPSA) is 155 Å². The van der Waals surface area contributed by atoms with Crippen molar-refractivity contribution in [1.29, 1.82) is 0 Å². The van der Waals surface area contributed by atoms with E-state index in [-0.39, 0.29) is 12.8 Å². The molecule has 1 atom stereocenters. The molecular weight excluding hydrogens is 287 g/mol. The van der Waals surface area contributed by atoms with E-state index < -0.39 is 33.6 Å². The Bertz CT molecular complexity index is 390. The van der Waals surface area contributed by atoms with E-state index in [0.717, 1.165) is 0 Å². The highest BCUT2D eigenvalue weighted by atomic mass is 32.2. The molecule has 18 heavy (non-hydrogen) atoms. The molecule has 0 aliphatic heterocycles. The second kappa shape index (κ2) is 7.13. The van der Waals surface area contributed by atoms with Crippen LogP contribution < -0.4 is 5.73 Å². The Hall–Kier alpha value is -1.40. The lowest BCUT2D eigenvalue weighted by Gasteiger charge is -2.01. The van der Waals surface area contributed by atoms with Crippen LogP contribution in [0.15, 0.2) is 0 Å². The molecule has 1 unspecified atom stereocenters. The van der Waals surface area contributed by atoms with Crippen LogP contribution in [0.1, 0.15) is 12.8 Å². The Balaban J connectivity index is 0. The molecule has 0 fully saturated rings. The van der Waals surface area contributed by atoms with E-state index in [1.54, 1.807) is 0 Å². The maximum atomic E-state index is 10.7. The molecule has 0 saturated carbocycles. The number of nitrogens with two attached hydrogens (primary N) is 1. The van der Waals surface area contributed by atoms with Crippen LogP contribution >= 0.6 is 0 Å². The molecule has 0 rings (SSSR count).